The Hall–Kier alpha value is -2.04. The van der Waals surface area contributed by atoms with Crippen molar-refractivity contribution in [1.82, 2.24) is 0 Å². The van der Waals surface area contributed by atoms with Crippen LogP contribution in [0.2, 0.25) is 0 Å². The van der Waals surface area contributed by atoms with Gasteiger partial charge in [-0.2, -0.15) is 0 Å². The number of nitrogens with one attached hydrogen (secondary N) is 2. The minimum Gasteiger partial charge on any atom is -0.444 e. The van der Waals surface area contributed by atoms with Gasteiger partial charge in [-0.3, -0.25) is 10.1 Å². The Bertz CT molecular complexity index is 410. The van der Waals surface area contributed by atoms with E-state index in [0.29, 0.717) is 17.8 Å². The van der Waals surface area contributed by atoms with Crippen molar-refractivity contribution in [3.8, 4) is 0 Å². The predicted molar refractivity (Wildman–Crippen MR) is 66.0 cm³/mol. The van der Waals surface area contributed by atoms with Crippen molar-refractivity contribution >= 4 is 23.9 Å². The number of anilines is 2. The molecule has 17 heavy (non-hydrogen) atoms. The summed E-state index contributed by atoms with van der Waals surface area (Å²) in [5.41, 5.74) is 0.627. The third-order valence-electron chi connectivity index (χ3n) is 1.73. The van der Waals surface area contributed by atoms with Gasteiger partial charge < -0.3 is 10.1 Å². The van der Waals surface area contributed by atoms with Crippen molar-refractivity contribution in [2.75, 3.05) is 10.6 Å². The molecule has 2 amide bonds. The van der Waals surface area contributed by atoms with Gasteiger partial charge in [-0.25, -0.2) is 4.79 Å². The third-order valence-corrected chi connectivity index (χ3v) is 1.73. The molecule has 92 valence electrons. The first-order chi connectivity index (χ1) is 7.90. The van der Waals surface area contributed by atoms with Crippen LogP contribution in [-0.4, -0.2) is 18.1 Å². The Kier molecular flexibility index (Phi) is 4.09. The van der Waals surface area contributed by atoms with Crippen LogP contribution in [0, 0.1) is 0 Å². The molecule has 2 N–H and O–H groups in total. The van der Waals surface area contributed by atoms with E-state index in [-0.39, 0.29) is 0 Å². The van der Waals surface area contributed by atoms with Crippen molar-refractivity contribution in [3.63, 3.8) is 0 Å². The lowest BCUT2D eigenvalue weighted by Gasteiger charge is -2.19. The maximum absolute atomic E-state index is 11.5. The van der Waals surface area contributed by atoms with Crippen molar-refractivity contribution in [3.05, 3.63) is 24.3 Å². The number of benzene rings is 1. The van der Waals surface area contributed by atoms with Crippen LogP contribution in [0.4, 0.5) is 16.2 Å². The molecule has 0 heterocycles. The Morgan fingerprint density at radius 1 is 1.29 bits per heavy atom. The fraction of sp³-hybridized carbons (Fsp3) is 0.333. The Morgan fingerprint density at radius 2 is 1.94 bits per heavy atom. The fourth-order valence-electron chi connectivity index (χ4n) is 1.18. The highest BCUT2D eigenvalue weighted by Gasteiger charge is 2.16. The summed E-state index contributed by atoms with van der Waals surface area (Å²) >= 11 is 0. The van der Waals surface area contributed by atoms with Gasteiger partial charge in [0.25, 0.3) is 0 Å². The van der Waals surface area contributed by atoms with E-state index in [2.05, 4.69) is 10.6 Å². The highest BCUT2D eigenvalue weighted by atomic mass is 16.6. The molecule has 0 spiro atoms. The molecule has 0 radical (unpaired) electrons. The quantitative estimate of drug-likeness (QED) is 0.793. The van der Waals surface area contributed by atoms with Gasteiger partial charge in [0, 0.05) is 11.4 Å². The van der Waals surface area contributed by atoms with E-state index in [1.54, 1.807) is 45.0 Å². The Balaban J connectivity index is 2.65. The maximum atomic E-state index is 11.5. The molecule has 5 heteroatoms. The number of rotatable bonds is 3. The highest BCUT2D eigenvalue weighted by molar-refractivity contribution is 5.86. The molecule has 0 aliphatic heterocycles. The molecule has 0 saturated heterocycles. The standard InChI is InChI=1S/C12H16N2O3/c1-12(2,3)17-11(16)14-10-6-4-5-9(7-10)13-8-15/h4-8H,1-3H3,(H,13,15)(H,14,16). The predicted octanol–water partition coefficient (Wildman–Crippen LogP) is 2.60. The van der Waals surface area contributed by atoms with Gasteiger partial charge in [-0.05, 0) is 39.0 Å². The monoisotopic (exact) mass is 236 g/mol. The summed E-state index contributed by atoms with van der Waals surface area (Å²) in [4.78, 5) is 21.7. The van der Waals surface area contributed by atoms with Crippen LogP contribution < -0.4 is 10.6 Å². The molecule has 0 atom stereocenters. The minimum absolute atomic E-state index is 0.527. The molecule has 1 aromatic rings. The van der Waals surface area contributed by atoms with Gasteiger partial charge in [0.1, 0.15) is 5.60 Å². The SMILES string of the molecule is CC(C)(C)OC(=O)Nc1cccc(NC=O)c1. The van der Waals surface area contributed by atoms with Crippen LogP contribution in [0.15, 0.2) is 24.3 Å². The molecule has 0 aliphatic rings. The zero-order chi connectivity index (χ0) is 12.9. The van der Waals surface area contributed by atoms with Crippen LogP contribution in [0.1, 0.15) is 20.8 Å². The first-order valence-electron chi connectivity index (χ1n) is 5.21. The van der Waals surface area contributed by atoms with E-state index < -0.39 is 11.7 Å². The van der Waals surface area contributed by atoms with Crippen LogP contribution in [0.5, 0.6) is 0 Å². The largest absolute Gasteiger partial charge is 0.444 e. The zero-order valence-corrected chi connectivity index (χ0v) is 10.1. The van der Waals surface area contributed by atoms with Gasteiger partial charge >= 0.3 is 6.09 Å². The number of carbonyl (C=O) groups is 2. The molecule has 5 nitrogen and oxygen atoms in total. The van der Waals surface area contributed by atoms with Crippen molar-refractivity contribution in [2.24, 2.45) is 0 Å². The molecule has 1 rings (SSSR count). The number of carbonyl (C=O) groups excluding carboxylic acids is 2. The summed E-state index contributed by atoms with van der Waals surface area (Å²) in [5.74, 6) is 0. The first-order valence-corrected chi connectivity index (χ1v) is 5.21. The number of hydrogen-bond acceptors (Lipinski definition) is 3. The minimum atomic E-state index is -0.539. The number of hydrogen-bond donors (Lipinski definition) is 2. The van der Waals surface area contributed by atoms with E-state index in [1.807, 2.05) is 0 Å². The lowest BCUT2D eigenvalue weighted by Crippen LogP contribution is -2.27. The maximum Gasteiger partial charge on any atom is 0.412 e. The molecular weight excluding hydrogens is 220 g/mol. The summed E-state index contributed by atoms with van der Waals surface area (Å²) < 4.78 is 5.10. The normalized spacial score (nSPS) is 10.5. The van der Waals surface area contributed by atoms with E-state index in [1.165, 1.54) is 0 Å². The molecule has 0 aliphatic carbocycles. The van der Waals surface area contributed by atoms with Gasteiger partial charge in [0.2, 0.25) is 6.41 Å². The fourth-order valence-corrected chi connectivity index (χ4v) is 1.18. The summed E-state index contributed by atoms with van der Waals surface area (Å²) in [5, 5.41) is 5.08. The second-order valence-corrected chi connectivity index (χ2v) is 4.47. The van der Waals surface area contributed by atoms with E-state index >= 15 is 0 Å². The van der Waals surface area contributed by atoms with Crippen LogP contribution in [0.25, 0.3) is 0 Å². The van der Waals surface area contributed by atoms with Crippen molar-refractivity contribution < 1.29 is 14.3 Å². The average molecular weight is 236 g/mol. The zero-order valence-electron chi connectivity index (χ0n) is 10.1. The highest BCUT2D eigenvalue weighted by Crippen LogP contribution is 2.16. The van der Waals surface area contributed by atoms with Crippen LogP contribution in [-0.2, 0) is 9.53 Å². The van der Waals surface area contributed by atoms with Crippen LogP contribution in [0.3, 0.4) is 0 Å². The first kappa shape index (κ1) is 13.0. The molecule has 0 saturated carbocycles. The Morgan fingerprint density at radius 3 is 2.53 bits per heavy atom. The second kappa shape index (κ2) is 5.34. The van der Waals surface area contributed by atoms with Crippen LogP contribution >= 0.6 is 0 Å². The summed E-state index contributed by atoms with van der Waals surface area (Å²) in [6.45, 7) is 5.37. The second-order valence-electron chi connectivity index (χ2n) is 4.47. The van der Waals surface area contributed by atoms with Crippen molar-refractivity contribution in [2.45, 2.75) is 26.4 Å². The average Bonchev–Trinajstić information content (AvgIpc) is 2.15. The summed E-state index contributed by atoms with van der Waals surface area (Å²) in [7, 11) is 0. The lowest BCUT2D eigenvalue weighted by atomic mass is 10.2. The molecule has 0 aromatic heterocycles. The van der Waals surface area contributed by atoms with E-state index in [4.69, 9.17) is 4.74 Å². The number of amides is 2. The summed E-state index contributed by atoms with van der Waals surface area (Å²) in [6.07, 6.45) is 0.0489. The molecular formula is C12H16N2O3. The van der Waals surface area contributed by atoms with E-state index in [9.17, 15) is 9.59 Å². The Labute approximate surface area is 100 Å². The molecule has 1 aromatic carbocycles. The summed E-state index contributed by atoms with van der Waals surface area (Å²) in [6, 6.07) is 6.78. The molecule has 0 unspecified atom stereocenters. The third kappa shape index (κ3) is 5.01. The van der Waals surface area contributed by atoms with Gasteiger partial charge in [0.05, 0.1) is 0 Å². The van der Waals surface area contributed by atoms with Gasteiger partial charge in [-0.15, -0.1) is 0 Å². The van der Waals surface area contributed by atoms with Gasteiger partial charge in [-0.1, -0.05) is 6.07 Å². The topological polar surface area (TPSA) is 67.4 Å². The lowest BCUT2D eigenvalue weighted by molar-refractivity contribution is -0.105. The van der Waals surface area contributed by atoms with Gasteiger partial charge in [0.15, 0.2) is 0 Å². The number of ether oxygens (including phenoxy) is 1. The molecule has 0 bridgehead atoms. The molecule has 0 fully saturated rings. The smallest absolute Gasteiger partial charge is 0.412 e. The van der Waals surface area contributed by atoms with E-state index in [0.717, 1.165) is 0 Å². The van der Waals surface area contributed by atoms with Crippen molar-refractivity contribution in [1.29, 1.82) is 0 Å².